The first-order valence-electron chi connectivity index (χ1n) is 9.79. The van der Waals surface area contributed by atoms with Gasteiger partial charge in [0.15, 0.2) is 5.13 Å². The number of fused-ring (bicyclic) bond motifs is 1. The summed E-state index contributed by atoms with van der Waals surface area (Å²) >= 11 is 3.29. The summed E-state index contributed by atoms with van der Waals surface area (Å²) in [5, 5.41) is 0.695. The van der Waals surface area contributed by atoms with Crippen LogP contribution in [0.25, 0.3) is 10.2 Å². The molecule has 1 unspecified atom stereocenters. The van der Waals surface area contributed by atoms with Gasteiger partial charge in [0.25, 0.3) is 5.91 Å². The Labute approximate surface area is 179 Å². The molecule has 2 heterocycles. The maximum atomic E-state index is 13.4. The second-order valence-corrected chi connectivity index (χ2v) is 9.18. The first kappa shape index (κ1) is 20.2. The summed E-state index contributed by atoms with van der Waals surface area (Å²) in [6.45, 7) is 3.39. The van der Waals surface area contributed by atoms with Gasteiger partial charge in [-0.2, -0.15) is 0 Å². The van der Waals surface area contributed by atoms with Gasteiger partial charge in [-0.15, -0.1) is 11.8 Å². The highest BCUT2D eigenvalue weighted by Gasteiger charge is 2.27. The van der Waals surface area contributed by atoms with Crippen molar-refractivity contribution in [3.8, 4) is 5.75 Å². The number of amides is 1. The number of hydrogen-bond donors (Lipinski definition) is 0. The second-order valence-electron chi connectivity index (χ2n) is 6.84. The number of nitrogens with zero attached hydrogens (tertiary/aromatic N) is 2. The Morgan fingerprint density at radius 3 is 2.83 bits per heavy atom. The highest BCUT2D eigenvalue weighted by atomic mass is 32.2. The van der Waals surface area contributed by atoms with Crippen molar-refractivity contribution in [1.82, 2.24) is 4.98 Å². The molecule has 5 nitrogen and oxygen atoms in total. The molecule has 29 heavy (non-hydrogen) atoms. The first-order valence-corrected chi connectivity index (χ1v) is 11.6. The van der Waals surface area contributed by atoms with E-state index in [4.69, 9.17) is 14.5 Å². The largest absolute Gasteiger partial charge is 0.497 e. The number of anilines is 1. The van der Waals surface area contributed by atoms with E-state index < -0.39 is 0 Å². The standard InChI is InChI=1S/C22H24N2O3S2/c1-3-28-18-9-6-15(7-10-18)21(25)24(14-17-5-4-12-27-17)22-23-19-13-16(26-2)8-11-20(19)29-22/h6-11,13,17H,3-5,12,14H2,1-2H3. The van der Waals surface area contributed by atoms with Gasteiger partial charge < -0.3 is 9.47 Å². The molecule has 7 heteroatoms. The van der Waals surface area contributed by atoms with Gasteiger partial charge in [0, 0.05) is 23.1 Å². The Morgan fingerprint density at radius 1 is 1.31 bits per heavy atom. The van der Waals surface area contributed by atoms with Gasteiger partial charge in [-0.1, -0.05) is 18.3 Å². The van der Waals surface area contributed by atoms with Crippen LogP contribution in [0.5, 0.6) is 5.75 Å². The summed E-state index contributed by atoms with van der Waals surface area (Å²) in [7, 11) is 1.64. The molecule has 0 spiro atoms. The summed E-state index contributed by atoms with van der Waals surface area (Å²) in [4.78, 5) is 21.1. The summed E-state index contributed by atoms with van der Waals surface area (Å²) in [5.41, 5.74) is 1.50. The third-order valence-corrected chi connectivity index (χ3v) is 6.84. The van der Waals surface area contributed by atoms with E-state index in [9.17, 15) is 4.79 Å². The molecule has 1 amide bonds. The maximum absolute atomic E-state index is 13.4. The molecule has 0 saturated carbocycles. The zero-order valence-corrected chi connectivity index (χ0v) is 18.2. The first-order chi connectivity index (χ1) is 14.2. The van der Waals surface area contributed by atoms with E-state index >= 15 is 0 Å². The van der Waals surface area contributed by atoms with E-state index in [1.54, 1.807) is 23.8 Å². The Bertz CT molecular complexity index is 981. The molecule has 1 saturated heterocycles. The van der Waals surface area contributed by atoms with E-state index in [-0.39, 0.29) is 12.0 Å². The van der Waals surface area contributed by atoms with E-state index in [1.165, 1.54) is 16.2 Å². The van der Waals surface area contributed by atoms with Crippen LogP contribution in [0.4, 0.5) is 5.13 Å². The molecule has 0 radical (unpaired) electrons. The van der Waals surface area contributed by atoms with Crippen molar-refractivity contribution in [1.29, 1.82) is 0 Å². The van der Waals surface area contributed by atoms with Crippen molar-refractivity contribution >= 4 is 44.4 Å². The van der Waals surface area contributed by atoms with Crippen molar-refractivity contribution in [3.05, 3.63) is 48.0 Å². The van der Waals surface area contributed by atoms with Crippen molar-refractivity contribution < 1.29 is 14.3 Å². The molecule has 152 valence electrons. The summed E-state index contributed by atoms with van der Waals surface area (Å²) in [6.07, 6.45) is 2.05. The van der Waals surface area contributed by atoms with Crippen molar-refractivity contribution in [3.63, 3.8) is 0 Å². The van der Waals surface area contributed by atoms with Crippen LogP contribution >= 0.6 is 23.1 Å². The van der Waals surface area contributed by atoms with Crippen LogP contribution in [0.1, 0.15) is 30.1 Å². The van der Waals surface area contributed by atoms with Gasteiger partial charge in [-0.25, -0.2) is 4.98 Å². The average Bonchev–Trinajstić information content (AvgIpc) is 3.41. The normalized spacial score (nSPS) is 16.3. The van der Waals surface area contributed by atoms with Crippen LogP contribution < -0.4 is 9.64 Å². The summed E-state index contributed by atoms with van der Waals surface area (Å²) in [6, 6.07) is 13.6. The Morgan fingerprint density at radius 2 is 2.14 bits per heavy atom. The smallest absolute Gasteiger partial charge is 0.260 e. The van der Waals surface area contributed by atoms with Crippen LogP contribution in [0.2, 0.25) is 0 Å². The quantitative estimate of drug-likeness (QED) is 0.482. The molecule has 1 aromatic heterocycles. The van der Waals surface area contributed by atoms with Gasteiger partial charge in [0.05, 0.1) is 30.0 Å². The minimum Gasteiger partial charge on any atom is -0.497 e. The molecule has 3 aromatic rings. The molecule has 1 aliphatic rings. The lowest BCUT2D eigenvalue weighted by molar-refractivity contribution is 0.0917. The summed E-state index contributed by atoms with van der Waals surface area (Å²) in [5.74, 6) is 1.73. The van der Waals surface area contributed by atoms with E-state index in [1.807, 2.05) is 42.5 Å². The number of rotatable bonds is 7. The minimum absolute atomic E-state index is 0.0421. The number of thioether (sulfide) groups is 1. The second kappa shape index (κ2) is 9.15. The Balaban J connectivity index is 1.66. The Hall–Kier alpha value is -2.09. The lowest BCUT2D eigenvalue weighted by Crippen LogP contribution is -2.37. The van der Waals surface area contributed by atoms with Gasteiger partial charge in [-0.3, -0.25) is 9.69 Å². The SMILES string of the molecule is CCSc1ccc(C(=O)N(CC2CCCO2)c2nc3cc(OC)ccc3s2)cc1. The van der Waals surface area contributed by atoms with Crippen LogP contribution in [0.3, 0.4) is 0 Å². The fourth-order valence-corrected chi connectivity index (χ4v) is 5.01. The van der Waals surface area contributed by atoms with Crippen LogP contribution in [0, 0.1) is 0 Å². The lowest BCUT2D eigenvalue weighted by Gasteiger charge is -2.23. The fraction of sp³-hybridized carbons (Fsp3) is 0.364. The summed E-state index contributed by atoms with van der Waals surface area (Å²) < 4.78 is 12.2. The molecule has 0 bridgehead atoms. The van der Waals surface area contributed by atoms with Crippen LogP contribution in [0.15, 0.2) is 47.4 Å². The van der Waals surface area contributed by atoms with Crippen LogP contribution in [-0.2, 0) is 4.74 Å². The average molecular weight is 429 g/mol. The van der Waals surface area contributed by atoms with Crippen molar-refractivity contribution in [2.24, 2.45) is 0 Å². The molecule has 0 aliphatic carbocycles. The highest BCUT2D eigenvalue weighted by Crippen LogP contribution is 2.33. The number of thiazole rings is 1. The molecular weight excluding hydrogens is 404 g/mol. The molecule has 2 aromatic carbocycles. The predicted octanol–water partition coefficient (Wildman–Crippen LogP) is 5.24. The number of hydrogen-bond acceptors (Lipinski definition) is 6. The molecule has 0 N–H and O–H groups in total. The molecule has 1 aliphatic heterocycles. The maximum Gasteiger partial charge on any atom is 0.260 e. The van der Waals surface area contributed by atoms with Gasteiger partial charge in [0.2, 0.25) is 0 Å². The van der Waals surface area contributed by atoms with Crippen molar-refractivity contribution in [2.45, 2.75) is 30.8 Å². The number of methoxy groups -OCH3 is 1. The third kappa shape index (κ3) is 4.57. The van der Waals surface area contributed by atoms with Crippen molar-refractivity contribution in [2.75, 3.05) is 30.9 Å². The molecular formula is C22H24N2O3S2. The molecule has 1 fully saturated rings. The van der Waals surface area contributed by atoms with Gasteiger partial charge in [-0.05, 0) is 55.0 Å². The zero-order chi connectivity index (χ0) is 20.2. The number of aromatic nitrogens is 1. The minimum atomic E-state index is -0.0421. The third-order valence-electron chi connectivity index (χ3n) is 4.88. The zero-order valence-electron chi connectivity index (χ0n) is 16.6. The Kier molecular flexibility index (Phi) is 6.37. The highest BCUT2D eigenvalue weighted by molar-refractivity contribution is 7.99. The predicted molar refractivity (Wildman–Crippen MR) is 120 cm³/mol. The number of benzene rings is 2. The van der Waals surface area contributed by atoms with Gasteiger partial charge >= 0.3 is 0 Å². The fourth-order valence-electron chi connectivity index (χ4n) is 3.39. The van der Waals surface area contributed by atoms with Crippen LogP contribution in [-0.4, -0.2) is 43.0 Å². The number of ether oxygens (including phenoxy) is 2. The van der Waals surface area contributed by atoms with Gasteiger partial charge in [0.1, 0.15) is 5.75 Å². The van der Waals surface area contributed by atoms with E-state index in [0.29, 0.717) is 17.2 Å². The number of carbonyl (C=O) groups is 1. The molecule has 4 rings (SSSR count). The van der Waals surface area contributed by atoms with E-state index in [0.717, 1.165) is 41.2 Å². The monoisotopic (exact) mass is 428 g/mol. The van der Waals surface area contributed by atoms with E-state index in [2.05, 4.69) is 6.92 Å². The molecule has 1 atom stereocenters. The lowest BCUT2D eigenvalue weighted by atomic mass is 10.2. The topological polar surface area (TPSA) is 51.7 Å². The number of carbonyl (C=O) groups excluding carboxylic acids is 1.